The molecule has 4 N–H and O–H groups in total. The van der Waals surface area contributed by atoms with E-state index in [9.17, 15) is 4.79 Å². The molecule has 2 heterocycles. The van der Waals surface area contributed by atoms with Gasteiger partial charge in [0.25, 0.3) is 0 Å². The van der Waals surface area contributed by atoms with Gasteiger partial charge in [0, 0.05) is 15.8 Å². The molecule has 0 aromatic carbocycles. The molecule has 0 amide bonds. The van der Waals surface area contributed by atoms with Crippen LogP contribution in [-0.2, 0) is 0 Å². The van der Waals surface area contributed by atoms with E-state index >= 15 is 0 Å². The Bertz CT molecular complexity index is 430. The molecule has 0 bridgehead atoms. The number of hydrogen-bond acceptors (Lipinski definition) is 4. The predicted molar refractivity (Wildman–Crippen MR) is 68.5 cm³/mol. The van der Waals surface area contributed by atoms with Crippen LogP contribution in [0.2, 0.25) is 0 Å². The molecule has 1 aliphatic heterocycles. The van der Waals surface area contributed by atoms with Crippen LogP contribution in [0, 0.1) is 12.8 Å². The lowest BCUT2D eigenvalue weighted by molar-refractivity contribution is 0.0696. The van der Waals surface area contributed by atoms with E-state index < -0.39 is 5.97 Å². The van der Waals surface area contributed by atoms with E-state index in [-0.39, 0.29) is 12.1 Å². The number of aromatic carboxylic acids is 1. The second kappa shape index (κ2) is 4.76. The van der Waals surface area contributed by atoms with Crippen LogP contribution in [0.3, 0.4) is 0 Å². The molecule has 17 heavy (non-hydrogen) atoms. The van der Waals surface area contributed by atoms with Gasteiger partial charge in [0.1, 0.15) is 0 Å². The van der Waals surface area contributed by atoms with E-state index in [4.69, 9.17) is 10.8 Å². The van der Waals surface area contributed by atoms with Gasteiger partial charge in [0.05, 0.1) is 11.6 Å². The molecule has 94 valence electrons. The van der Waals surface area contributed by atoms with E-state index in [0.29, 0.717) is 11.5 Å². The van der Waals surface area contributed by atoms with Crippen molar-refractivity contribution >= 4 is 17.3 Å². The SMILES string of the molecule is Cc1sc(C2NCCC(C)C2N)cc1C(=O)O. The molecule has 1 aromatic heterocycles. The molecule has 4 nitrogen and oxygen atoms in total. The van der Waals surface area contributed by atoms with Gasteiger partial charge in [-0.3, -0.25) is 0 Å². The average Bonchev–Trinajstić information content (AvgIpc) is 2.64. The number of nitrogens with two attached hydrogens (primary N) is 1. The Morgan fingerprint density at radius 2 is 2.35 bits per heavy atom. The summed E-state index contributed by atoms with van der Waals surface area (Å²) in [5.74, 6) is -0.389. The van der Waals surface area contributed by atoms with Crippen molar-refractivity contribution in [2.24, 2.45) is 11.7 Å². The van der Waals surface area contributed by atoms with E-state index in [1.165, 1.54) is 11.3 Å². The van der Waals surface area contributed by atoms with Gasteiger partial charge in [-0.25, -0.2) is 4.79 Å². The fourth-order valence-electron chi connectivity index (χ4n) is 2.28. The van der Waals surface area contributed by atoms with Gasteiger partial charge in [-0.1, -0.05) is 6.92 Å². The molecular formula is C12H18N2O2S. The highest BCUT2D eigenvalue weighted by Gasteiger charge is 2.30. The number of carboxylic acid groups (broad SMARTS) is 1. The van der Waals surface area contributed by atoms with Gasteiger partial charge in [-0.15, -0.1) is 11.3 Å². The van der Waals surface area contributed by atoms with Crippen molar-refractivity contribution in [2.75, 3.05) is 6.54 Å². The summed E-state index contributed by atoms with van der Waals surface area (Å²) in [6.07, 6.45) is 1.08. The van der Waals surface area contributed by atoms with E-state index in [1.54, 1.807) is 6.07 Å². The molecule has 1 fully saturated rings. The number of thiophene rings is 1. The van der Waals surface area contributed by atoms with E-state index in [2.05, 4.69) is 12.2 Å². The first-order chi connectivity index (χ1) is 8.00. The van der Waals surface area contributed by atoms with E-state index in [1.807, 2.05) is 6.92 Å². The van der Waals surface area contributed by atoms with Crippen LogP contribution in [-0.4, -0.2) is 23.7 Å². The van der Waals surface area contributed by atoms with Gasteiger partial charge in [0.2, 0.25) is 0 Å². The largest absolute Gasteiger partial charge is 0.478 e. The average molecular weight is 254 g/mol. The minimum absolute atomic E-state index is 0.0587. The number of carboxylic acids is 1. The van der Waals surface area contributed by atoms with Gasteiger partial charge in [0.15, 0.2) is 0 Å². The summed E-state index contributed by atoms with van der Waals surface area (Å²) in [5, 5.41) is 12.4. The van der Waals surface area contributed by atoms with Crippen molar-refractivity contribution in [3.8, 4) is 0 Å². The topological polar surface area (TPSA) is 75.3 Å². The third-order valence-corrected chi connectivity index (χ3v) is 4.61. The number of rotatable bonds is 2. The summed E-state index contributed by atoms with van der Waals surface area (Å²) < 4.78 is 0. The van der Waals surface area contributed by atoms with Gasteiger partial charge in [-0.2, -0.15) is 0 Å². The molecule has 1 saturated heterocycles. The molecular weight excluding hydrogens is 236 g/mol. The lowest BCUT2D eigenvalue weighted by Crippen LogP contribution is -2.47. The normalized spacial score (nSPS) is 29.2. The van der Waals surface area contributed by atoms with Gasteiger partial charge < -0.3 is 16.2 Å². The van der Waals surface area contributed by atoms with Gasteiger partial charge in [-0.05, 0) is 31.9 Å². The molecule has 0 aliphatic carbocycles. The highest BCUT2D eigenvalue weighted by molar-refractivity contribution is 7.12. The minimum atomic E-state index is -0.859. The zero-order valence-electron chi connectivity index (χ0n) is 10.1. The first-order valence-corrected chi connectivity index (χ1v) is 6.65. The summed E-state index contributed by atoms with van der Waals surface area (Å²) in [6.45, 7) is 4.94. The molecule has 3 unspecified atom stereocenters. The summed E-state index contributed by atoms with van der Waals surface area (Å²) in [5.41, 5.74) is 6.59. The quantitative estimate of drug-likeness (QED) is 0.751. The van der Waals surface area contributed by atoms with Crippen LogP contribution in [0.4, 0.5) is 0 Å². The monoisotopic (exact) mass is 254 g/mol. The smallest absolute Gasteiger partial charge is 0.336 e. The molecule has 0 radical (unpaired) electrons. The van der Waals surface area contributed by atoms with Gasteiger partial charge >= 0.3 is 5.97 Å². The summed E-state index contributed by atoms with van der Waals surface area (Å²) in [4.78, 5) is 12.9. The lowest BCUT2D eigenvalue weighted by atomic mass is 9.88. The summed E-state index contributed by atoms with van der Waals surface area (Å²) in [7, 11) is 0. The van der Waals surface area contributed by atoms with Crippen LogP contribution < -0.4 is 11.1 Å². The first kappa shape index (κ1) is 12.5. The zero-order chi connectivity index (χ0) is 12.6. The predicted octanol–water partition coefficient (Wildman–Crippen LogP) is 1.75. The Kier molecular flexibility index (Phi) is 3.51. The minimum Gasteiger partial charge on any atom is -0.478 e. The van der Waals surface area contributed by atoms with Crippen LogP contribution in [0.15, 0.2) is 6.07 Å². The molecule has 0 spiro atoms. The molecule has 1 aromatic rings. The fraction of sp³-hybridized carbons (Fsp3) is 0.583. The van der Waals surface area contributed by atoms with Crippen LogP contribution in [0.25, 0.3) is 0 Å². The van der Waals surface area contributed by atoms with Crippen molar-refractivity contribution < 1.29 is 9.90 Å². The molecule has 0 saturated carbocycles. The maximum Gasteiger partial charge on any atom is 0.336 e. The Morgan fingerprint density at radius 3 is 2.94 bits per heavy atom. The van der Waals surface area contributed by atoms with Crippen molar-refractivity contribution in [1.82, 2.24) is 5.32 Å². The highest BCUT2D eigenvalue weighted by Crippen LogP contribution is 2.32. The van der Waals surface area contributed by atoms with Crippen LogP contribution in [0.1, 0.15) is 39.5 Å². The van der Waals surface area contributed by atoms with Crippen molar-refractivity contribution in [2.45, 2.75) is 32.4 Å². The first-order valence-electron chi connectivity index (χ1n) is 5.83. The van der Waals surface area contributed by atoms with Crippen molar-refractivity contribution in [1.29, 1.82) is 0 Å². The van der Waals surface area contributed by atoms with Crippen LogP contribution in [0.5, 0.6) is 0 Å². The fourth-order valence-corrected chi connectivity index (χ4v) is 3.44. The Labute approximate surface area is 105 Å². The third kappa shape index (κ3) is 2.36. The second-order valence-electron chi connectivity index (χ2n) is 4.70. The number of aryl methyl sites for hydroxylation is 1. The second-order valence-corrected chi connectivity index (χ2v) is 5.99. The number of nitrogens with one attached hydrogen (secondary N) is 1. The summed E-state index contributed by atoms with van der Waals surface area (Å²) >= 11 is 1.53. The number of hydrogen-bond donors (Lipinski definition) is 3. The molecule has 5 heteroatoms. The molecule has 1 aliphatic rings. The standard InChI is InChI=1S/C12H18N2O2S/c1-6-3-4-14-11(10(6)13)9-5-8(12(15)16)7(2)17-9/h5-6,10-11,14H,3-4,13H2,1-2H3,(H,15,16). The van der Waals surface area contributed by atoms with E-state index in [0.717, 1.165) is 22.7 Å². The summed E-state index contributed by atoms with van der Waals surface area (Å²) in [6, 6.07) is 1.91. The Morgan fingerprint density at radius 1 is 1.65 bits per heavy atom. The van der Waals surface area contributed by atoms with Crippen LogP contribution >= 0.6 is 11.3 Å². The zero-order valence-corrected chi connectivity index (χ0v) is 10.9. The number of carbonyl (C=O) groups is 1. The molecule has 2 rings (SSSR count). The highest BCUT2D eigenvalue weighted by atomic mass is 32.1. The molecule has 3 atom stereocenters. The number of piperidine rings is 1. The third-order valence-electron chi connectivity index (χ3n) is 3.48. The maximum absolute atomic E-state index is 11.0. The Balaban J connectivity index is 2.27. The Hall–Kier alpha value is -0.910. The van der Waals surface area contributed by atoms with Crippen molar-refractivity contribution in [3.05, 3.63) is 21.4 Å². The van der Waals surface area contributed by atoms with Crippen molar-refractivity contribution in [3.63, 3.8) is 0 Å². The lowest BCUT2D eigenvalue weighted by Gasteiger charge is -2.34. The maximum atomic E-state index is 11.0.